The van der Waals surface area contributed by atoms with E-state index < -0.39 is 0 Å². The smallest absolute Gasteiger partial charge is 0.0214 e. The van der Waals surface area contributed by atoms with Crippen LogP contribution < -0.4 is 0 Å². The van der Waals surface area contributed by atoms with Crippen molar-refractivity contribution in [1.82, 2.24) is 4.90 Å². The maximum atomic E-state index is 2.70. The minimum Gasteiger partial charge on any atom is -0.295 e. The number of rotatable bonds is 1. The quantitative estimate of drug-likeness (QED) is 0.537. The van der Waals surface area contributed by atoms with E-state index in [-0.39, 0.29) is 0 Å². The van der Waals surface area contributed by atoms with E-state index in [1.807, 2.05) is 0 Å². The van der Waals surface area contributed by atoms with Crippen molar-refractivity contribution in [3.8, 4) is 0 Å². The van der Waals surface area contributed by atoms with Crippen LogP contribution in [0.25, 0.3) is 0 Å². The number of hydrogen-bond donors (Lipinski definition) is 0. The van der Waals surface area contributed by atoms with Crippen LogP contribution in [0.3, 0.4) is 0 Å². The van der Waals surface area contributed by atoms with Crippen molar-refractivity contribution < 1.29 is 0 Å². The number of nitrogens with zero attached hydrogens (tertiary/aromatic N) is 1. The highest BCUT2D eigenvalue weighted by Gasteiger charge is 2.51. The first-order chi connectivity index (χ1) is 4.75. The predicted molar refractivity (Wildman–Crippen MR) is 43.0 cm³/mol. The van der Waals surface area contributed by atoms with Gasteiger partial charge in [-0.05, 0) is 46.1 Å². The average molecular weight is 139 g/mol. The summed E-state index contributed by atoms with van der Waals surface area (Å²) >= 11 is 0. The van der Waals surface area contributed by atoms with E-state index in [9.17, 15) is 0 Å². The van der Waals surface area contributed by atoms with Gasteiger partial charge in [-0.2, -0.15) is 0 Å². The van der Waals surface area contributed by atoms with Crippen LogP contribution in [0.4, 0.5) is 0 Å². The van der Waals surface area contributed by atoms with Gasteiger partial charge in [0.25, 0.3) is 0 Å². The van der Waals surface area contributed by atoms with Gasteiger partial charge < -0.3 is 0 Å². The third-order valence-corrected chi connectivity index (χ3v) is 3.10. The SMILES string of the molecule is CC(C)N1CCCC12CC2. The second kappa shape index (κ2) is 1.97. The summed E-state index contributed by atoms with van der Waals surface area (Å²) in [4.78, 5) is 2.70. The van der Waals surface area contributed by atoms with Crippen molar-refractivity contribution in [1.29, 1.82) is 0 Å². The summed E-state index contributed by atoms with van der Waals surface area (Å²) < 4.78 is 0. The lowest BCUT2D eigenvalue weighted by molar-refractivity contribution is 0.187. The molecule has 2 rings (SSSR count). The largest absolute Gasteiger partial charge is 0.295 e. The van der Waals surface area contributed by atoms with E-state index in [2.05, 4.69) is 18.7 Å². The van der Waals surface area contributed by atoms with Crippen molar-refractivity contribution in [2.45, 2.75) is 51.1 Å². The van der Waals surface area contributed by atoms with E-state index in [1.165, 1.54) is 32.2 Å². The molecule has 58 valence electrons. The summed E-state index contributed by atoms with van der Waals surface area (Å²) in [6, 6.07) is 0.782. The Bertz CT molecular complexity index is 136. The number of likely N-dealkylation sites (tertiary alicyclic amines) is 1. The standard InChI is InChI=1S/C9H17N/c1-8(2)10-7-3-4-9(10)5-6-9/h8H,3-7H2,1-2H3. The second-order valence-electron chi connectivity index (χ2n) is 4.12. The molecule has 1 heteroatoms. The fourth-order valence-corrected chi connectivity index (χ4v) is 2.45. The molecule has 0 atom stereocenters. The summed E-state index contributed by atoms with van der Waals surface area (Å²) in [5, 5.41) is 0. The molecule has 0 amide bonds. The zero-order chi connectivity index (χ0) is 7.19. The van der Waals surface area contributed by atoms with Gasteiger partial charge in [-0.3, -0.25) is 4.90 Å². The molecular formula is C9H17N. The third-order valence-electron chi connectivity index (χ3n) is 3.10. The van der Waals surface area contributed by atoms with Crippen LogP contribution in [-0.4, -0.2) is 23.0 Å². The molecule has 1 spiro atoms. The maximum Gasteiger partial charge on any atom is 0.0214 e. The fourth-order valence-electron chi connectivity index (χ4n) is 2.45. The van der Waals surface area contributed by atoms with Crippen LogP contribution >= 0.6 is 0 Å². The summed E-state index contributed by atoms with van der Waals surface area (Å²) in [5.74, 6) is 0. The summed E-state index contributed by atoms with van der Waals surface area (Å²) in [5.41, 5.74) is 0.716. The Morgan fingerprint density at radius 1 is 1.20 bits per heavy atom. The monoisotopic (exact) mass is 139 g/mol. The van der Waals surface area contributed by atoms with Gasteiger partial charge in [-0.15, -0.1) is 0 Å². The molecule has 2 aliphatic rings. The highest BCUT2D eigenvalue weighted by atomic mass is 15.3. The van der Waals surface area contributed by atoms with Crippen molar-refractivity contribution in [2.24, 2.45) is 0 Å². The first-order valence-corrected chi connectivity index (χ1v) is 4.51. The van der Waals surface area contributed by atoms with Crippen LogP contribution in [-0.2, 0) is 0 Å². The Kier molecular flexibility index (Phi) is 1.31. The molecule has 2 fully saturated rings. The van der Waals surface area contributed by atoms with E-state index in [0.717, 1.165) is 6.04 Å². The van der Waals surface area contributed by atoms with Crippen LogP contribution in [0.2, 0.25) is 0 Å². The highest BCUT2D eigenvalue weighted by molar-refractivity contribution is 5.07. The molecule has 0 N–H and O–H groups in total. The summed E-state index contributed by atoms with van der Waals surface area (Å²) in [6.45, 7) is 6.01. The van der Waals surface area contributed by atoms with E-state index in [0.29, 0.717) is 5.54 Å². The molecule has 1 saturated carbocycles. The molecule has 0 aromatic carbocycles. The van der Waals surface area contributed by atoms with Gasteiger partial charge >= 0.3 is 0 Å². The van der Waals surface area contributed by atoms with Crippen LogP contribution in [0, 0.1) is 0 Å². The molecule has 1 nitrogen and oxygen atoms in total. The molecule has 1 heterocycles. The van der Waals surface area contributed by atoms with Gasteiger partial charge in [0.2, 0.25) is 0 Å². The van der Waals surface area contributed by atoms with Gasteiger partial charge in [0, 0.05) is 11.6 Å². The first kappa shape index (κ1) is 6.66. The Morgan fingerprint density at radius 2 is 1.90 bits per heavy atom. The van der Waals surface area contributed by atoms with Crippen molar-refractivity contribution in [3.63, 3.8) is 0 Å². The van der Waals surface area contributed by atoms with Crippen molar-refractivity contribution in [3.05, 3.63) is 0 Å². The second-order valence-corrected chi connectivity index (χ2v) is 4.12. The molecule has 0 unspecified atom stereocenters. The molecule has 0 radical (unpaired) electrons. The van der Waals surface area contributed by atoms with Gasteiger partial charge in [0.1, 0.15) is 0 Å². The molecule has 1 aliphatic heterocycles. The van der Waals surface area contributed by atoms with Crippen LogP contribution in [0.15, 0.2) is 0 Å². The topological polar surface area (TPSA) is 3.24 Å². The molecule has 0 aromatic rings. The van der Waals surface area contributed by atoms with Gasteiger partial charge in [-0.1, -0.05) is 0 Å². The van der Waals surface area contributed by atoms with Crippen LogP contribution in [0.5, 0.6) is 0 Å². The predicted octanol–water partition coefficient (Wildman–Crippen LogP) is 2.02. The Balaban J connectivity index is 2.07. The Morgan fingerprint density at radius 3 is 2.30 bits per heavy atom. The van der Waals surface area contributed by atoms with Gasteiger partial charge in [0.05, 0.1) is 0 Å². The minimum atomic E-state index is 0.716. The lowest BCUT2D eigenvalue weighted by atomic mass is 10.2. The summed E-state index contributed by atoms with van der Waals surface area (Å²) in [7, 11) is 0. The molecule has 10 heavy (non-hydrogen) atoms. The van der Waals surface area contributed by atoms with Crippen molar-refractivity contribution >= 4 is 0 Å². The Hall–Kier alpha value is -0.0400. The first-order valence-electron chi connectivity index (χ1n) is 4.51. The fraction of sp³-hybridized carbons (Fsp3) is 1.00. The maximum absolute atomic E-state index is 2.70. The normalized spacial score (nSPS) is 30.3. The number of hydrogen-bond acceptors (Lipinski definition) is 1. The average Bonchev–Trinajstić information content (AvgIpc) is 2.42. The zero-order valence-corrected chi connectivity index (χ0v) is 7.06. The third kappa shape index (κ3) is 0.800. The molecule has 1 aliphatic carbocycles. The molecule has 0 bridgehead atoms. The molecule has 1 saturated heterocycles. The molecule has 0 aromatic heterocycles. The van der Waals surface area contributed by atoms with Crippen LogP contribution in [0.1, 0.15) is 39.5 Å². The van der Waals surface area contributed by atoms with Gasteiger partial charge in [-0.25, -0.2) is 0 Å². The van der Waals surface area contributed by atoms with E-state index >= 15 is 0 Å². The molecular weight excluding hydrogens is 122 g/mol. The lowest BCUT2D eigenvalue weighted by Crippen LogP contribution is -2.36. The Labute approximate surface area is 63.4 Å². The van der Waals surface area contributed by atoms with Crippen molar-refractivity contribution in [2.75, 3.05) is 6.54 Å². The highest BCUT2D eigenvalue weighted by Crippen LogP contribution is 2.50. The summed E-state index contributed by atoms with van der Waals surface area (Å²) in [6.07, 6.45) is 5.87. The van der Waals surface area contributed by atoms with E-state index in [1.54, 1.807) is 0 Å². The van der Waals surface area contributed by atoms with E-state index in [4.69, 9.17) is 0 Å². The lowest BCUT2D eigenvalue weighted by Gasteiger charge is -2.27. The zero-order valence-electron chi connectivity index (χ0n) is 7.06. The van der Waals surface area contributed by atoms with Gasteiger partial charge in [0.15, 0.2) is 0 Å². The minimum absolute atomic E-state index is 0.716.